The molecule has 35 heavy (non-hydrogen) atoms. The van der Waals surface area contributed by atoms with Gasteiger partial charge in [-0.05, 0) is 23.5 Å². The molecule has 188 valence electrons. The Morgan fingerprint density at radius 1 is 1.14 bits per heavy atom. The Morgan fingerprint density at radius 2 is 1.80 bits per heavy atom. The number of aryl methyl sites for hydroxylation is 1. The van der Waals surface area contributed by atoms with Crippen molar-refractivity contribution in [2.24, 2.45) is 11.1 Å². The summed E-state index contributed by atoms with van der Waals surface area (Å²) < 4.78 is 21.9. The van der Waals surface area contributed by atoms with E-state index >= 15 is 0 Å². The number of carbonyl (C=O) groups excluding carboxylic acids is 1. The van der Waals surface area contributed by atoms with Crippen LogP contribution in [-0.2, 0) is 16.1 Å². The molecule has 1 heterocycles. The second kappa shape index (κ2) is 11.6. The van der Waals surface area contributed by atoms with Gasteiger partial charge in [-0.1, -0.05) is 75.4 Å². The molecule has 3 rings (SSSR count). The lowest BCUT2D eigenvalue weighted by atomic mass is 9.84. The molecule has 0 bridgehead atoms. The number of halogens is 1. The number of nitrogens with two attached hydrogens (primary N) is 1. The number of hydrogen-bond donors (Lipinski definition) is 1. The number of amides is 1. The van der Waals surface area contributed by atoms with Gasteiger partial charge in [0.05, 0.1) is 18.3 Å². The van der Waals surface area contributed by atoms with Gasteiger partial charge >= 0.3 is 0 Å². The molecule has 1 amide bonds. The summed E-state index contributed by atoms with van der Waals surface area (Å²) in [7, 11) is 1.46. The zero-order valence-corrected chi connectivity index (χ0v) is 21.4. The molecule has 6 nitrogen and oxygen atoms in total. The van der Waals surface area contributed by atoms with Gasteiger partial charge in [0, 0.05) is 32.0 Å². The third kappa shape index (κ3) is 6.55. The average Bonchev–Trinajstić information content (AvgIpc) is 3.23. The molecule has 3 aromatic rings. The van der Waals surface area contributed by atoms with E-state index in [-0.39, 0.29) is 25.6 Å². The molecule has 0 fully saturated rings. The first-order valence-electron chi connectivity index (χ1n) is 11.9. The van der Waals surface area contributed by atoms with Crippen LogP contribution in [0.3, 0.4) is 0 Å². The average molecular weight is 481 g/mol. The maximum absolute atomic E-state index is 14.6. The minimum absolute atomic E-state index is 0.126. The van der Waals surface area contributed by atoms with Gasteiger partial charge in [-0.2, -0.15) is 0 Å². The smallest absolute Gasteiger partial charge is 0.249 e. The van der Waals surface area contributed by atoms with Gasteiger partial charge in [0.1, 0.15) is 18.6 Å². The van der Waals surface area contributed by atoms with E-state index in [0.717, 1.165) is 16.8 Å². The van der Waals surface area contributed by atoms with Gasteiger partial charge in [-0.3, -0.25) is 4.79 Å². The Labute approximate surface area is 207 Å². The summed E-state index contributed by atoms with van der Waals surface area (Å²) >= 11 is 0. The quantitative estimate of drug-likeness (QED) is 0.454. The van der Waals surface area contributed by atoms with E-state index in [2.05, 4.69) is 23.6 Å². The van der Waals surface area contributed by atoms with Gasteiger partial charge in [0.2, 0.25) is 5.91 Å². The Hall–Kier alpha value is -3.03. The van der Waals surface area contributed by atoms with Gasteiger partial charge < -0.3 is 19.9 Å². The number of imidazole rings is 1. The van der Waals surface area contributed by atoms with Crippen LogP contribution in [0.1, 0.15) is 43.8 Å². The van der Waals surface area contributed by atoms with Crippen LogP contribution in [0, 0.1) is 12.3 Å². The maximum atomic E-state index is 14.6. The van der Waals surface area contributed by atoms with E-state index in [1.54, 1.807) is 4.90 Å². The fourth-order valence-electron chi connectivity index (χ4n) is 4.33. The van der Waals surface area contributed by atoms with Gasteiger partial charge in [-0.15, -0.1) is 0 Å². The summed E-state index contributed by atoms with van der Waals surface area (Å²) in [5.74, 6) is 0.406. The minimum Gasteiger partial charge on any atom is -0.375 e. The molecule has 0 spiro atoms. The van der Waals surface area contributed by atoms with Gasteiger partial charge in [-0.25, -0.2) is 9.37 Å². The Morgan fingerprint density at radius 3 is 2.40 bits per heavy atom. The van der Waals surface area contributed by atoms with Crippen LogP contribution >= 0.6 is 0 Å². The molecule has 2 atom stereocenters. The first-order chi connectivity index (χ1) is 16.7. The molecule has 1 aromatic heterocycles. The minimum atomic E-state index is -1.35. The van der Waals surface area contributed by atoms with E-state index in [4.69, 9.17) is 15.5 Å². The van der Waals surface area contributed by atoms with E-state index in [1.165, 1.54) is 12.7 Å². The molecule has 7 heteroatoms. The summed E-state index contributed by atoms with van der Waals surface area (Å²) in [6, 6.07) is 17.6. The fraction of sp³-hybridized carbons (Fsp3) is 0.429. The molecule has 0 saturated heterocycles. The first kappa shape index (κ1) is 26.6. The molecule has 0 unspecified atom stereocenters. The highest BCUT2D eigenvalue weighted by Crippen LogP contribution is 2.39. The lowest BCUT2D eigenvalue weighted by Crippen LogP contribution is -2.47. The summed E-state index contributed by atoms with van der Waals surface area (Å²) in [4.78, 5) is 19.8. The van der Waals surface area contributed by atoms with Crippen molar-refractivity contribution in [1.29, 1.82) is 0 Å². The molecule has 0 radical (unpaired) electrons. The second-order valence-corrected chi connectivity index (χ2v) is 9.99. The number of nitrogens with zero attached hydrogens (tertiary/aromatic N) is 3. The molecule has 0 aliphatic heterocycles. The topological polar surface area (TPSA) is 73.4 Å². The van der Waals surface area contributed by atoms with Crippen LogP contribution < -0.4 is 5.73 Å². The molecule has 2 N–H and O–H groups in total. The highest BCUT2D eigenvalue weighted by atomic mass is 19.1. The summed E-state index contributed by atoms with van der Waals surface area (Å²) in [5, 5.41) is 0. The van der Waals surface area contributed by atoms with E-state index in [0.29, 0.717) is 12.4 Å². The highest BCUT2D eigenvalue weighted by molar-refractivity contribution is 5.78. The van der Waals surface area contributed by atoms with Gasteiger partial charge in [0.25, 0.3) is 0 Å². The number of ether oxygens (including phenoxy) is 1. The SMILES string of the molecule is COCC(=O)N(C[C@@H](F)CN)[C@@H](c1nc(-c2ccccc2)cn1Cc1ccccc1C)C(C)(C)C. The number of methoxy groups -OCH3 is 1. The third-order valence-corrected chi connectivity index (χ3v) is 6.09. The van der Waals surface area contributed by atoms with Crippen molar-refractivity contribution in [2.45, 2.75) is 46.5 Å². The molecular weight excluding hydrogens is 443 g/mol. The van der Waals surface area contributed by atoms with Crippen molar-refractivity contribution in [2.75, 3.05) is 26.8 Å². The molecule has 0 saturated carbocycles. The Balaban J connectivity index is 2.19. The Bertz CT molecular complexity index is 1110. The van der Waals surface area contributed by atoms with Crippen LogP contribution in [0.2, 0.25) is 0 Å². The normalized spacial score (nSPS) is 13.5. The van der Waals surface area contributed by atoms with Crippen molar-refractivity contribution < 1.29 is 13.9 Å². The van der Waals surface area contributed by atoms with Crippen molar-refractivity contribution in [3.8, 4) is 11.3 Å². The van der Waals surface area contributed by atoms with Crippen molar-refractivity contribution in [1.82, 2.24) is 14.5 Å². The second-order valence-electron chi connectivity index (χ2n) is 9.99. The van der Waals surface area contributed by atoms with E-state index < -0.39 is 17.6 Å². The van der Waals surface area contributed by atoms with Crippen LogP contribution in [0.5, 0.6) is 0 Å². The van der Waals surface area contributed by atoms with Crippen LogP contribution in [-0.4, -0.2) is 53.3 Å². The molecule has 2 aromatic carbocycles. The van der Waals surface area contributed by atoms with E-state index in [9.17, 15) is 9.18 Å². The third-order valence-electron chi connectivity index (χ3n) is 6.09. The highest BCUT2D eigenvalue weighted by Gasteiger charge is 2.39. The standard InChI is InChI=1S/C28H37FN4O2/c1-20-11-9-10-14-22(20)16-32-18-24(21-12-7-6-8-13-21)31-27(32)26(28(2,3)4)33(17-23(29)15-30)25(34)19-35-5/h6-14,18,23,26H,15-17,19,30H2,1-5H3/t23-,26-/m0/s1. The molecular formula is C28H37FN4O2. The lowest BCUT2D eigenvalue weighted by Gasteiger charge is -2.40. The maximum Gasteiger partial charge on any atom is 0.249 e. The zero-order valence-electron chi connectivity index (χ0n) is 21.4. The summed E-state index contributed by atoms with van der Waals surface area (Å²) in [5.41, 5.74) is 9.26. The molecule has 0 aliphatic rings. The predicted molar refractivity (Wildman–Crippen MR) is 138 cm³/mol. The van der Waals surface area contributed by atoms with E-state index in [1.807, 2.05) is 69.4 Å². The fourth-order valence-corrected chi connectivity index (χ4v) is 4.33. The van der Waals surface area contributed by atoms with Crippen molar-refractivity contribution >= 4 is 5.91 Å². The van der Waals surface area contributed by atoms with Crippen LogP contribution in [0.15, 0.2) is 60.8 Å². The number of aromatic nitrogens is 2. The van der Waals surface area contributed by atoms with Gasteiger partial charge in [0.15, 0.2) is 0 Å². The number of carbonyl (C=O) groups is 1. The molecule has 0 aliphatic carbocycles. The van der Waals surface area contributed by atoms with Crippen molar-refractivity contribution in [3.63, 3.8) is 0 Å². The number of alkyl halides is 1. The number of benzene rings is 2. The lowest BCUT2D eigenvalue weighted by molar-refractivity contribution is -0.141. The van der Waals surface area contributed by atoms with Crippen molar-refractivity contribution in [3.05, 3.63) is 77.7 Å². The monoisotopic (exact) mass is 480 g/mol. The Kier molecular flexibility index (Phi) is 8.81. The largest absolute Gasteiger partial charge is 0.375 e. The number of rotatable bonds is 10. The zero-order chi connectivity index (χ0) is 25.6. The predicted octanol–water partition coefficient (Wildman–Crippen LogP) is 4.77. The number of hydrogen-bond acceptors (Lipinski definition) is 4. The van der Waals surface area contributed by atoms with Crippen LogP contribution in [0.25, 0.3) is 11.3 Å². The van der Waals surface area contributed by atoms with Crippen LogP contribution in [0.4, 0.5) is 4.39 Å². The summed E-state index contributed by atoms with van der Waals surface area (Å²) in [6.45, 7) is 8.33. The summed E-state index contributed by atoms with van der Waals surface area (Å²) in [6.07, 6.45) is 0.666. The first-order valence-corrected chi connectivity index (χ1v) is 11.9.